The quantitative estimate of drug-likeness (QED) is 0.741. The van der Waals surface area contributed by atoms with Crippen molar-refractivity contribution in [3.63, 3.8) is 0 Å². The van der Waals surface area contributed by atoms with Gasteiger partial charge in [-0.3, -0.25) is 5.32 Å². The Morgan fingerprint density at radius 1 is 1.25 bits per heavy atom. The van der Waals surface area contributed by atoms with E-state index in [1.807, 2.05) is 37.3 Å². The van der Waals surface area contributed by atoms with Crippen molar-refractivity contribution >= 4 is 11.9 Å². The number of unbranched alkanes of at least 4 members (excludes halogenated alkanes) is 2. The van der Waals surface area contributed by atoms with Crippen molar-refractivity contribution < 1.29 is 18.7 Å². The minimum absolute atomic E-state index is 0.0264. The number of carbonyl (C=O) groups excluding carboxylic acids is 1. The molecule has 2 rings (SSSR count). The number of ether oxygens (including phenoxy) is 2. The predicted octanol–water partition coefficient (Wildman–Crippen LogP) is 3.93. The van der Waals surface area contributed by atoms with Crippen molar-refractivity contribution in [3.8, 4) is 6.01 Å². The fraction of sp³-hybridized carbons (Fsp3) is 0.353. The van der Waals surface area contributed by atoms with Crippen LogP contribution >= 0.6 is 0 Å². The van der Waals surface area contributed by atoms with E-state index in [0.29, 0.717) is 0 Å². The van der Waals surface area contributed by atoms with Crippen LogP contribution in [0.3, 0.4) is 0 Å². The van der Waals surface area contributed by atoms with Crippen LogP contribution in [0.5, 0.6) is 6.01 Å². The smallest absolute Gasteiger partial charge is 0.412 e. The van der Waals surface area contributed by atoms with Crippen LogP contribution in [0, 0.1) is 5.82 Å². The van der Waals surface area contributed by atoms with E-state index in [1.165, 1.54) is 0 Å². The van der Waals surface area contributed by atoms with Crippen molar-refractivity contribution in [2.45, 2.75) is 32.8 Å². The maximum absolute atomic E-state index is 13.7. The SMILES string of the molecule is CCCCCOC(=O)Nc1nc(OCc2ccccc2)ncc1F. The summed E-state index contributed by atoms with van der Waals surface area (Å²) in [4.78, 5) is 19.2. The highest BCUT2D eigenvalue weighted by molar-refractivity contribution is 5.83. The number of nitrogens with zero attached hydrogens (tertiary/aromatic N) is 2. The maximum atomic E-state index is 13.7. The van der Waals surface area contributed by atoms with Crippen LogP contribution in [-0.2, 0) is 11.3 Å². The van der Waals surface area contributed by atoms with Gasteiger partial charge in [0.05, 0.1) is 12.8 Å². The van der Waals surface area contributed by atoms with E-state index >= 15 is 0 Å². The Kier molecular flexibility index (Phi) is 6.94. The van der Waals surface area contributed by atoms with Gasteiger partial charge in [-0.05, 0) is 12.0 Å². The molecule has 7 heteroatoms. The van der Waals surface area contributed by atoms with Crippen LogP contribution < -0.4 is 10.1 Å². The van der Waals surface area contributed by atoms with Crippen LogP contribution in [0.1, 0.15) is 31.7 Å². The van der Waals surface area contributed by atoms with Gasteiger partial charge in [-0.15, -0.1) is 0 Å². The zero-order valence-corrected chi connectivity index (χ0v) is 13.5. The fourth-order valence-corrected chi connectivity index (χ4v) is 1.88. The molecular weight excluding hydrogens is 313 g/mol. The Labute approximate surface area is 140 Å². The first-order valence-corrected chi connectivity index (χ1v) is 7.82. The average molecular weight is 333 g/mol. The van der Waals surface area contributed by atoms with Crippen LogP contribution in [0.2, 0.25) is 0 Å². The summed E-state index contributed by atoms with van der Waals surface area (Å²) in [5, 5.41) is 2.26. The van der Waals surface area contributed by atoms with Gasteiger partial charge in [0.2, 0.25) is 0 Å². The third kappa shape index (κ3) is 5.83. The van der Waals surface area contributed by atoms with Gasteiger partial charge in [0.15, 0.2) is 11.6 Å². The van der Waals surface area contributed by atoms with Crippen LogP contribution in [-0.4, -0.2) is 22.7 Å². The molecule has 6 nitrogen and oxygen atoms in total. The number of rotatable bonds is 8. The molecule has 128 valence electrons. The summed E-state index contributed by atoms with van der Waals surface area (Å²) < 4.78 is 24.0. The van der Waals surface area contributed by atoms with Crippen molar-refractivity contribution in [1.29, 1.82) is 0 Å². The second-order valence-corrected chi connectivity index (χ2v) is 5.09. The Balaban J connectivity index is 1.89. The number of halogens is 1. The number of benzene rings is 1. The Bertz CT molecular complexity index is 653. The maximum Gasteiger partial charge on any atom is 0.412 e. The molecular formula is C17H20FN3O3. The molecule has 0 radical (unpaired) electrons. The lowest BCUT2D eigenvalue weighted by atomic mass is 10.2. The highest BCUT2D eigenvalue weighted by atomic mass is 19.1. The van der Waals surface area contributed by atoms with Crippen molar-refractivity contribution in [2.24, 2.45) is 0 Å². The number of nitrogens with one attached hydrogen (secondary N) is 1. The molecule has 0 aliphatic heterocycles. The van der Waals surface area contributed by atoms with E-state index in [9.17, 15) is 9.18 Å². The third-order valence-electron chi connectivity index (χ3n) is 3.13. The third-order valence-corrected chi connectivity index (χ3v) is 3.13. The lowest BCUT2D eigenvalue weighted by Gasteiger charge is -2.09. The van der Waals surface area contributed by atoms with Gasteiger partial charge in [-0.1, -0.05) is 50.1 Å². The van der Waals surface area contributed by atoms with Crippen molar-refractivity contribution in [2.75, 3.05) is 11.9 Å². The molecule has 1 N–H and O–H groups in total. The van der Waals surface area contributed by atoms with E-state index in [4.69, 9.17) is 9.47 Å². The van der Waals surface area contributed by atoms with Crippen LogP contribution in [0.15, 0.2) is 36.5 Å². The molecule has 0 saturated carbocycles. The number of anilines is 1. The van der Waals surface area contributed by atoms with Gasteiger partial charge in [-0.25, -0.2) is 14.2 Å². The van der Waals surface area contributed by atoms with E-state index in [-0.39, 0.29) is 25.0 Å². The van der Waals surface area contributed by atoms with E-state index in [0.717, 1.165) is 31.0 Å². The zero-order valence-electron chi connectivity index (χ0n) is 13.5. The number of hydrogen-bond donors (Lipinski definition) is 1. The van der Waals surface area contributed by atoms with Crippen LogP contribution in [0.25, 0.3) is 0 Å². The molecule has 1 aromatic carbocycles. The molecule has 0 spiro atoms. The highest BCUT2D eigenvalue weighted by Gasteiger charge is 2.12. The summed E-state index contributed by atoms with van der Waals surface area (Å²) in [6.45, 7) is 2.57. The standard InChI is InChI=1S/C17H20FN3O3/c1-2-3-7-10-23-17(22)21-15-14(18)11-19-16(20-15)24-12-13-8-5-4-6-9-13/h4-6,8-9,11H,2-3,7,10,12H2,1H3,(H,19,20,21,22). The summed E-state index contributed by atoms with van der Waals surface area (Å²) in [7, 11) is 0. The Morgan fingerprint density at radius 3 is 2.79 bits per heavy atom. The Morgan fingerprint density at radius 2 is 2.04 bits per heavy atom. The summed E-state index contributed by atoms with van der Waals surface area (Å²) in [6, 6.07) is 9.40. The topological polar surface area (TPSA) is 73.3 Å². The number of aromatic nitrogens is 2. The molecule has 0 fully saturated rings. The summed E-state index contributed by atoms with van der Waals surface area (Å²) >= 11 is 0. The largest absolute Gasteiger partial charge is 0.459 e. The van der Waals surface area contributed by atoms with Gasteiger partial charge in [-0.2, -0.15) is 4.98 Å². The second kappa shape index (κ2) is 9.44. The summed E-state index contributed by atoms with van der Waals surface area (Å²) in [6.07, 6.45) is 2.94. The molecule has 0 atom stereocenters. The fourth-order valence-electron chi connectivity index (χ4n) is 1.88. The van der Waals surface area contributed by atoms with Gasteiger partial charge in [0, 0.05) is 0 Å². The molecule has 0 bridgehead atoms. The number of amides is 1. The zero-order chi connectivity index (χ0) is 17.2. The van der Waals surface area contributed by atoms with E-state index in [2.05, 4.69) is 15.3 Å². The van der Waals surface area contributed by atoms with Crippen LogP contribution in [0.4, 0.5) is 15.0 Å². The average Bonchev–Trinajstić information content (AvgIpc) is 2.60. The molecule has 1 aromatic heterocycles. The van der Waals surface area contributed by atoms with E-state index < -0.39 is 11.9 Å². The lowest BCUT2D eigenvalue weighted by Crippen LogP contribution is -2.17. The summed E-state index contributed by atoms with van der Waals surface area (Å²) in [5.74, 6) is -1.03. The number of hydrogen-bond acceptors (Lipinski definition) is 5. The molecule has 1 heterocycles. The lowest BCUT2D eigenvalue weighted by molar-refractivity contribution is 0.159. The minimum atomic E-state index is -0.757. The molecule has 2 aromatic rings. The van der Waals surface area contributed by atoms with Crippen molar-refractivity contribution in [1.82, 2.24) is 9.97 Å². The summed E-state index contributed by atoms with van der Waals surface area (Å²) in [5.41, 5.74) is 0.926. The monoisotopic (exact) mass is 333 g/mol. The van der Waals surface area contributed by atoms with Gasteiger partial charge in [0.25, 0.3) is 0 Å². The normalized spacial score (nSPS) is 10.2. The molecule has 0 unspecified atom stereocenters. The highest BCUT2D eigenvalue weighted by Crippen LogP contribution is 2.15. The molecule has 0 aliphatic rings. The second-order valence-electron chi connectivity index (χ2n) is 5.09. The molecule has 24 heavy (non-hydrogen) atoms. The van der Waals surface area contributed by atoms with Gasteiger partial charge in [0.1, 0.15) is 6.61 Å². The first-order valence-electron chi connectivity index (χ1n) is 7.82. The molecule has 0 aliphatic carbocycles. The van der Waals surface area contributed by atoms with Crippen molar-refractivity contribution in [3.05, 3.63) is 47.9 Å². The first-order chi connectivity index (χ1) is 11.7. The van der Waals surface area contributed by atoms with E-state index in [1.54, 1.807) is 0 Å². The number of carbonyl (C=O) groups is 1. The Hall–Kier alpha value is -2.70. The van der Waals surface area contributed by atoms with Gasteiger partial charge >= 0.3 is 12.1 Å². The van der Waals surface area contributed by atoms with Gasteiger partial charge < -0.3 is 9.47 Å². The minimum Gasteiger partial charge on any atom is -0.459 e. The predicted molar refractivity (Wildman–Crippen MR) is 87.3 cm³/mol. The molecule has 1 amide bonds. The first kappa shape index (κ1) is 17.7. The molecule has 0 saturated heterocycles.